The molecule has 5 aromatic rings. The molecular formula is C88H133N13O22. The monoisotopic (exact) mass is 1720 g/mol. The molecule has 4 aliphatic rings. The Morgan fingerprint density at radius 1 is 0.764 bits per heavy atom. The zero-order valence-electron chi connectivity index (χ0n) is 73.7. The van der Waals surface area contributed by atoms with Gasteiger partial charge >= 0.3 is 5.97 Å². The minimum absolute atomic E-state index is 0.0189. The van der Waals surface area contributed by atoms with E-state index in [9.17, 15) is 39.0 Å². The van der Waals surface area contributed by atoms with E-state index < -0.39 is 83.8 Å². The topological polar surface area (TPSA) is 434 Å². The number of rotatable bonds is 40. The minimum Gasteiger partial charge on any atom is -0.459 e. The average molecular weight is 1730 g/mol. The first-order valence-corrected chi connectivity index (χ1v) is 43.4. The highest BCUT2D eigenvalue weighted by molar-refractivity contribution is 6.39. The van der Waals surface area contributed by atoms with Gasteiger partial charge in [-0.25, -0.2) is 24.1 Å². The zero-order valence-corrected chi connectivity index (χ0v) is 73.7. The van der Waals surface area contributed by atoms with Crippen molar-refractivity contribution in [1.82, 2.24) is 49.9 Å². The fourth-order valence-electron chi connectivity index (χ4n) is 16.0. The molecule has 1 aliphatic carbocycles. The summed E-state index contributed by atoms with van der Waals surface area (Å²) in [6.45, 7) is 17.7. The van der Waals surface area contributed by atoms with Gasteiger partial charge in [-0.05, 0) is 132 Å². The number of carbonyl (C=O) groups excluding carboxylic acids is 6. The van der Waals surface area contributed by atoms with Crippen LogP contribution in [0.1, 0.15) is 144 Å². The number of carbonyl (C=O) groups is 6. The van der Waals surface area contributed by atoms with Crippen molar-refractivity contribution in [3.05, 3.63) is 84.0 Å². The molecule has 15 atom stereocenters. The molecule has 1 aromatic carbocycles. The van der Waals surface area contributed by atoms with E-state index in [0.29, 0.717) is 178 Å². The molecule has 2 amide bonds. The summed E-state index contributed by atoms with van der Waals surface area (Å²) in [5.74, 6) is -7.73. The summed E-state index contributed by atoms with van der Waals surface area (Å²) < 4.78 is 85.2. The highest BCUT2D eigenvalue weighted by Crippen LogP contribution is 2.39. The number of methoxy groups -OCH3 is 3. The average Bonchev–Trinajstić information content (AvgIpc) is 1.72. The molecule has 7 N–H and O–H groups in total. The third kappa shape index (κ3) is 29.7. The van der Waals surface area contributed by atoms with Gasteiger partial charge in [-0.1, -0.05) is 69.4 Å². The number of unbranched alkanes of at least 4 members (excludes halogenated alkanes) is 1. The summed E-state index contributed by atoms with van der Waals surface area (Å²) in [6.07, 6.45) is 15.3. The van der Waals surface area contributed by atoms with Gasteiger partial charge in [0.2, 0.25) is 11.7 Å². The largest absolute Gasteiger partial charge is 0.459 e. The van der Waals surface area contributed by atoms with Crippen molar-refractivity contribution in [2.45, 2.75) is 218 Å². The normalized spacial score (nSPS) is 27.0. The number of amides is 2. The number of aliphatic hydroxyl groups excluding tert-OH is 1. The standard InChI is InChI=1S/C88H133N13O22/c1-57-19-13-12-14-20-58(2)73(110-9)52-66-25-22-62(6)88(109,123-66)82(106)85(107)100-30-17-15-21-69(100)86(108)121-74(53-70(102)59(3)48-61(5)80(105)81(112-11)79(104)60(4)47-57)67(89)49-63-23-26-72(75(50-63)111-10)120-46-45-119-55-65-54-99(97-95-65)32-34-114-36-38-116-40-42-118-44-43-117-41-39-115-37-35-113-33-28-76(103)91-29-16-18-31-101-84-77(83(98(7)8)92-56-93-84)78(96-101)64-24-27-71-68(51-64)94-87(90)122-71/h12-14,19-20,24,27,48,51,54,56-57,59-60,62-63,66-67,69,72-75,80-81,105,109H,15-18,21-23,25-26,28-47,49-50,52-53,55,89H2,1-11H3,(H2,90,94)(H,91,103)/b14-12+,19-13+,58-20+,61-48+/t57-,59-,60-,62-,63+,66+,67-,69+,72-,73+,74+,75-,80-,81+,88-/m1/s1. The van der Waals surface area contributed by atoms with Crippen LogP contribution in [0.2, 0.25) is 0 Å². The summed E-state index contributed by atoms with van der Waals surface area (Å²) >= 11 is 0. The number of ether oxygens (including phenoxy) is 13. The van der Waals surface area contributed by atoms with E-state index in [4.69, 9.17) is 82.6 Å². The predicted molar refractivity (Wildman–Crippen MR) is 456 cm³/mol. The predicted octanol–water partition coefficient (Wildman–Crippen LogP) is 7.39. The Morgan fingerprint density at radius 3 is 2.17 bits per heavy atom. The minimum atomic E-state index is -2.49. The number of anilines is 2. The molecule has 2 bridgehead atoms. The van der Waals surface area contributed by atoms with Crippen LogP contribution in [0.4, 0.5) is 11.8 Å². The molecule has 3 aliphatic heterocycles. The number of Topliss-reactive ketones (excluding diaryl/α,β-unsaturated/α-hetero) is 3. The van der Waals surface area contributed by atoms with Crippen LogP contribution in [0.3, 0.4) is 0 Å². The van der Waals surface area contributed by atoms with Crippen molar-refractivity contribution in [3.8, 4) is 11.3 Å². The molecule has 0 radical (unpaired) electrons. The van der Waals surface area contributed by atoms with Crippen LogP contribution in [-0.2, 0) is 110 Å². The van der Waals surface area contributed by atoms with Gasteiger partial charge in [0.05, 0.1) is 142 Å². The van der Waals surface area contributed by atoms with Crippen molar-refractivity contribution in [2.75, 3.05) is 152 Å². The Bertz CT molecular complexity index is 4260. The Hall–Kier alpha value is -8.24. The number of ketones is 3. The Morgan fingerprint density at radius 2 is 1.47 bits per heavy atom. The molecule has 2 saturated heterocycles. The van der Waals surface area contributed by atoms with Crippen molar-refractivity contribution in [3.63, 3.8) is 0 Å². The fraction of sp³-hybridized carbons (Fsp3) is 0.682. The van der Waals surface area contributed by atoms with Crippen molar-refractivity contribution in [1.29, 1.82) is 0 Å². The number of nitrogens with one attached hydrogen (secondary N) is 1. The Balaban J connectivity index is 0.618. The number of allylic oxidation sites excluding steroid dienone is 6. The number of nitrogens with two attached hydrogens (primary N) is 2. The van der Waals surface area contributed by atoms with E-state index in [1.165, 1.54) is 13.4 Å². The van der Waals surface area contributed by atoms with Gasteiger partial charge < -0.3 is 103 Å². The van der Waals surface area contributed by atoms with E-state index >= 15 is 0 Å². The fourth-order valence-corrected chi connectivity index (χ4v) is 16.0. The molecule has 7 heterocycles. The van der Waals surface area contributed by atoms with E-state index in [1.54, 1.807) is 58.9 Å². The number of nitrogens with zero attached hydrogens (tertiary/aromatic N) is 10. The van der Waals surface area contributed by atoms with Crippen molar-refractivity contribution < 1.29 is 105 Å². The van der Waals surface area contributed by atoms with E-state index in [-0.39, 0.29) is 106 Å². The smallest absolute Gasteiger partial charge is 0.329 e. The summed E-state index contributed by atoms with van der Waals surface area (Å²) in [5, 5.41) is 41.0. The van der Waals surface area contributed by atoms with Crippen molar-refractivity contribution in [2.24, 2.45) is 35.3 Å². The van der Waals surface area contributed by atoms with Crippen LogP contribution in [0.5, 0.6) is 0 Å². The molecule has 9 rings (SSSR count). The lowest BCUT2D eigenvalue weighted by Crippen LogP contribution is -2.61. The number of hydrogen-bond acceptors (Lipinski definition) is 31. The van der Waals surface area contributed by atoms with Gasteiger partial charge in [0, 0.05) is 104 Å². The van der Waals surface area contributed by atoms with Crippen molar-refractivity contribution >= 4 is 69.1 Å². The van der Waals surface area contributed by atoms with Gasteiger partial charge in [-0.15, -0.1) is 5.10 Å². The number of nitrogen functional groups attached to an aromatic ring is 1. The van der Waals surface area contributed by atoms with Gasteiger partial charge in [-0.2, -0.15) is 10.1 Å². The second-order valence-corrected chi connectivity index (χ2v) is 32.7. The number of aryl methyl sites for hydroxylation is 1. The van der Waals surface area contributed by atoms with Crippen LogP contribution < -0.4 is 21.7 Å². The number of benzene rings is 1. The van der Waals surface area contributed by atoms with Crippen LogP contribution in [0, 0.1) is 29.6 Å². The summed E-state index contributed by atoms with van der Waals surface area (Å²) in [5.41, 5.74) is 18.2. The zero-order chi connectivity index (χ0) is 88.4. The van der Waals surface area contributed by atoms with Gasteiger partial charge in [0.25, 0.3) is 17.7 Å². The molecule has 35 heteroatoms. The van der Waals surface area contributed by atoms with Crippen LogP contribution in [-0.4, -0.2) is 292 Å². The number of aromatic nitrogens is 8. The summed E-state index contributed by atoms with van der Waals surface area (Å²) in [4.78, 5) is 101. The number of piperidine rings is 1. The first kappa shape index (κ1) is 98.5. The molecule has 682 valence electrons. The molecule has 4 aromatic heterocycles. The van der Waals surface area contributed by atoms with Crippen LogP contribution in [0.15, 0.2) is 82.7 Å². The number of esters is 1. The van der Waals surface area contributed by atoms with Crippen LogP contribution >= 0.6 is 0 Å². The molecule has 35 nitrogen and oxygen atoms in total. The first-order chi connectivity index (χ1) is 59.3. The third-order valence-electron chi connectivity index (χ3n) is 23.1. The molecule has 123 heavy (non-hydrogen) atoms. The lowest BCUT2D eigenvalue weighted by atomic mass is 9.80. The second kappa shape index (κ2) is 50.8. The lowest BCUT2D eigenvalue weighted by molar-refractivity contribution is -0.265. The van der Waals surface area contributed by atoms with E-state index in [1.807, 2.05) is 86.1 Å². The maximum absolute atomic E-state index is 14.7. The molecule has 0 spiro atoms. The Kier molecular flexibility index (Phi) is 40.7. The molecular weight excluding hydrogens is 1590 g/mol. The number of fused-ring (bicyclic) bond motifs is 5. The highest BCUT2D eigenvalue weighted by Gasteiger charge is 2.53. The Labute approximate surface area is 721 Å². The maximum Gasteiger partial charge on any atom is 0.329 e. The molecule has 3 fully saturated rings. The second-order valence-electron chi connectivity index (χ2n) is 32.7. The first-order valence-electron chi connectivity index (χ1n) is 43.4. The highest BCUT2D eigenvalue weighted by atomic mass is 16.6. The maximum atomic E-state index is 14.7. The molecule has 0 unspecified atom stereocenters. The van der Waals surface area contributed by atoms with Gasteiger partial charge in [-0.3, -0.25) is 24.0 Å². The summed E-state index contributed by atoms with van der Waals surface area (Å²) in [6, 6.07) is 3.61. The lowest BCUT2D eigenvalue weighted by Gasteiger charge is -2.42. The number of cyclic esters (lactones) is 1. The molecule has 1 saturated carbocycles. The number of hydrogen-bond donors (Lipinski definition) is 5. The number of oxazole rings is 1. The summed E-state index contributed by atoms with van der Waals surface area (Å²) in [7, 11) is 8.41. The van der Waals surface area contributed by atoms with Gasteiger partial charge in [0.15, 0.2) is 17.0 Å². The van der Waals surface area contributed by atoms with Crippen LogP contribution in [0.25, 0.3) is 33.4 Å². The van der Waals surface area contributed by atoms with E-state index in [2.05, 4.69) is 30.6 Å². The number of aliphatic hydroxyl groups is 2. The quantitative estimate of drug-likeness (QED) is 0.0110. The van der Waals surface area contributed by atoms with E-state index in [0.717, 1.165) is 45.8 Å². The van der Waals surface area contributed by atoms with Gasteiger partial charge in [0.1, 0.15) is 59.2 Å². The third-order valence-corrected chi connectivity index (χ3v) is 23.1. The SMILES string of the molecule is CO[C@H]1C[C@@H]2CC[C@@H](C)[C@@](O)(O2)C(=O)C(=O)N2CCCC[C@H]2C(=O)O[C@H]([C@H](N)C[C@@H]2CC[C@@H](OCCOCc3cn(CCOCCOCCOCCOCCOCCOCCC(=O)NCCCCn4nc(-c5ccc6oc(N)nc6c5)c5c(N(C)C)ncnc54)nn3)[C@H](OC)C2)CC(=O)[C@H](C)/C=C(\C)[C@@H](O)[C@@H](OC)C(=O)[C@H](C)C[C@H](C)/C=C/C=C/C=C/1C.